The fourth-order valence-electron chi connectivity index (χ4n) is 1.68. The molecule has 0 saturated carbocycles. The lowest BCUT2D eigenvalue weighted by Gasteiger charge is -2.06. The zero-order valence-electron chi connectivity index (χ0n) is 11.3. The van der Waals surface area contributed by atoms with Crippen molar-refractivity contribution in [2.24, 2.45) is 0 Å². The van der Waals surface area contributed by atoms with Crippen LogP contribution in [0.25, 0.3) is 11.3 Å². The van der Waals surface area contributed by atoms with Crippen LogP contribution in [0.5, 0.6) is 0 Å². The molecule has 0 aliphatic heterocycles. The van der Waals surface area contributed by atoms with E-state index in [1.807, 2.05) is 30.5 Å². The first-order valence-corrected chi connectivity index (χ1v) is 8.20. The number of rotatable bonds is 6. The molecule has 1 aromatic carbocycles. The Morgan fingerprint density at radius 1 is 1.38 bits per heavy atom. The van der Waals surface area contributed by atoms with Crippen molar-refractivity contribution in [3.63, 3.8) is 0 Å². The van der Waals surface area contributed by atoms with Crippen LogP contribution in [0.2, 0.25) is 0 Å². The van der Waals surface area contributed by atoms with E-state index in [0.717, 1.165) is 28.0 Å². The molecular formula is C14H14N2O3S2. The molecule has 7 heteroatoms. The van der Waals surface area contributed by atoms with Crippen molar-refractivity contribution in [2.45, 2.75) is 6.92 Å². The summed E-state index contributed by atoms with van der Waals surface area (Å²) in [6.07, 6.45) is 0. The molecule has 110 valence electrons. The number of benzene rings is 1. The van der Waals surface area contributed by atoms with Crippen LogP contribution in [0.1, 0.15) is 5.01 Å². The zero-order valence-corrected chi connectivity index (χ0v) is 13.0. The van der Waals surface area contributed by atoms with E-state index in [-0.39, 0.29) is 17.4 Å². The van der Waals surface area contributed by atoms with Gasteiger partial charge in [0.2, 0.25) is 5.91 Å². The number of nitrogens with one attached hydrogen (secondary N) is 1. The first kappa shape index (κ1) is 15.5. The number of hydrogen-bond acceptors (Lipinski definition) is 5. The van der Waals surface area contributed by atoms with E-state index in [1.165, 1.54) is 0 Å². The van der Waals surface area contributed by atoms with Crippen molar-refractivity contribution < 1.29 is 14.7 Å². The Hall–Kier alpha value is -1.86. The average Bonchev–Trinajstić information content (AvgIpc) is 2.85. The lowest BCUT2D eigenvalue weighted by molar-refractivity contribution is -0.133. The summed E-state index contributed by atoms with van der Waals surface area (Å²) in [6.45, 7) is 1.94. The van der Waals surface area contributed by atoms with Gasteiger partial charge in [0, 0.05) is 16.6 Å². The maximum Gasteiger partial charge on any atom is 0.313 e. The third-order valence-corrected chi connectivity index (χ3v) is 4.21. The largest absolute Gasteiger partial charge is 0.481 e. The van der Waals surface area contributed by atoms with E-state index in [9.17, 15) is 9.59 Å². The molecule has 0 aliphatic carbocycles. The number of thiazole rings is 1. The number of carbonyl (C=O) groups excluding carboxylic acids is 1. The summed E-state index contributed by atoms with van der Waals surface area (Å²) in [5.41, 5.74) is 2.50. The van der Waals surface area contributed by atoms with Crippen LogP contribution < -0.4 is 5.32 Å². The molecule has 0 spiro atoms. The van der Waals surface area contributed by atoms with Crippen LogP contribution in [-0.4, -0.2) is 33.5 Å². The lowest BCUT2D eigenvalue weighted by Crippen LogP contribution is -2.15. The van der Waals surface area contributed by atoms with Gasteiger partial charge in [-0.3, -0.25) is 9.59 Å². The third kappa shape index (κ3) is 4.87. The van der Waals surface area contributed by atoms with Crippen molar-refractivity contribution in [3.8, 4) is 11.3 Å². The van der Waals surface area contributed by atoms with Crippen LogP contribution in [0, 0.1) is 6.92 Å². The number of anilines is 1. The number of aryl methyl sites for hydroxylation is 1. The molecule has 0 bridgehead atoms. The minimum atomic E-state index is -0.923. The molecule has 0 radical (unpaired) electrons. The predicted molar refractivity (Wildman–Crippen MR) is 85.9 cm³/mol. The fourth-order valence-corrected chi connectivity index (χ4v) is 2.84. The number of carboxylic acid groups (broad SMARTS) is 1. The molecule has 2 rings (SSSR count). The minimum absolute atomic E-state index is 0.0778. The number of aliphatic carboxylic acids is 1. The van der Waals surface area contributed by atoms with Gasteiger partial charge in [-0.05, 0) is 19.1 Å². The van der Waals surface area contributed by atoms with E-state index in [2.05, 4.69) is 10.3 Å². The highest BCUT2D eigenvalue weighted by atomic mass is 32.2. The number of aromatic nitrogens is 1. The molecule has 1 amide bonds. The SMILES string of the molecule is Cc1nc(-c2cccc(NC(=O)CSCC(=O)O)c2)cs1. The Morgan fingerprint density at radius 3 is 2.86 bits per heavy atom. The molecule has 0 atom stereocenters. The minimum Gasteiger partial charge on any atom is -0.481 e. The summed E-state index contributed by atoms with van der Waals surface area (Å²) in [5.74, 6) is -1.10. The summed E-state index contributed by atoms with van der Waals surface area (Å²) >= 11 is 2.65. The van der Waals surface area contributed by atoms with Gasteiger partial charge in [0.15, 0.2) is 0 Å². The summed E-state index contributed by atoms with van der Waals surface area (Å²) in [6, 6.07) is 7.43. The summed E-state index contributed by atoms with van der Waals surface area (Å²) in [5, 5.41) is 14.2. The second-order valence-corrected chi connectivity index (χ2v) is 6.32. The van der Waals surface area contributed by atoms with Crippen LogP contribution in [0.3, 0.4) is 0 Å². The third-order valence-electron chi connectivity index (χ3n) is 2.52. The highest BCUT2D eigenvalue weighted by Gasteiger charge is 2.07. The molecule has 1 heterocycles. The van der Waals surface area contributed by atoms with Gasteiger partial charge >= 0.3 is 5.97 Å². The number of nitrogens with zero attached hydrogens (tertiary/aromatic N) is 1. The van der Waals surface area contributed by atoms with Gasteiger partial charge < -0.3 is 10.4 Å². The molecule has 5 nitrogen and oxygen atoms in total. The topological polar surface area (TPSA) is 79.3 Å². The first-order valence-electron chi connectivity index (χ1n) is 6.16. The number of carboxylic acids is 1. The normalized spacial score (nSPS) is 10.3. The Labute approximate surface area is 130 Å². The smallest absolute Gasteiger partial charge is 0.313 e. The number of thioether (sulfide) groups is 1. The zero-order chi connectivity index (χ0) is 15.2. The Morgan fingerprint density at radius 2 is 2.19 bits per heavy atom. The van der Waals surface area contributed by atoms with Crippen molar-refractivity contribution in [1.29, 1.82) is 0 Å². The van der Waals surface area contributed by atoms with Gasteiger partial charge in [-0.15, -0.1) is 23.1 Å². The molecule has 2 N–H and O–H groups in total. The summed E-state index contributed by atoms with van der Waals surface area (Å²) < 4.78 is 0. The fraction of sp³-hybridized carbons (Fsp3) is 0.214. The van der Waals surface area contributed by atoms with Gasteiger partial charge in [-0.1, -0.05) is 12.1 Å². The number of amides is 1. The van der Waals surface area contributed by atoms with E-state index in [1.54, 1.807) is 17.4 Å². The van der Waals surface area contributed by atoms with E-state index in [0.29, 0.717) is 5.69 Å². The second-order valence-electron chi connectivity index (χ2n) is 4.27. The lowest BCUT2D eigenvalue weighted by atomic mass is 10.1. The Bertz CT molecular complexity index is 655. The van der Waals surface area contributed by atoms with E-state index >= 15 is 0 Å². The van der Waals surface area contributed by atoms with Gasteiger partial charge in [-0.2, -0.15) is 0 Å². The van der Waals surface area contributed by atoms with Crippen LogP contribution in [0.4, 0.5) is 5.69 Å². The Kier molecular flexibility index (Phi) is 5.35. The summed E-state index contributed by atoms with van der Waals surface area (Å²) in [7, 11) is 0. The maximum atomic E-state index is 11.7. The average molecular weight is 322 g/mol. The molecule has 1 aromatic heterocycles. The van der Waals surface area contributed by atoms with Crippen LogP contribution in [0.15, 0.2) is 29.6 Å². The highest BCUT2D eigenvalue weighted by molar-refractivity contribution is 8.00. The van der Waals surface area contributed by atoms with Gasteiger partial charge in [0.05, 0.1) is 22.2 Å². The van der Waals surface area contributed by atoms with Crippen LogP contribution >= 0.6 is 23.1 Å². The van der Waals surface area contributed by atoms with Gasteiger partial charge in [-0.25, -0.2) is 4.98 Å². The van der Waals surface area contributed by atoms with Crippen molar-refractivity contribution in [2.75, 3.05) is 16.8 Å². The maximum absolute atomic E-state index is 11.7. The summed E-state index contributed by atoms with van der Waals surface area (Å²) in [4.78, 5) is 26.5. The second kappa shape index (κ2) is 7.24. The Balaban J connectivity index is 1.98. The molecular weight excluding hydrogens is 308 g/mol. The molecule has 2 aromatic rings. The molecule has 0 aliphatic rings. The van der Waals surface area contributed by atoms with E-state index < -0.39 is 5.97 Å². The van der Waals surface area contributed by atoms with Gasteiger partial charge in [0.1, 0.15) is 0 Å². The van der Waals surface area contributed by atoms with Crippen molar-refractivity contribution in [1.82, 2.24) is 4.98 Å². The van der Waals surface area contributed by atoms with E-state index in [4.69, 9.17) is 5.11 Å². The number of carbonyl (C=O) groups is 2. The van der Waals surface area contributed by atoms with Crippen LogP contribution in [-0.2, 0) is 9.59 Å². The molecule has 0 saturated heterocycles. The van der Waals surface area contributed by atoms with Gasteiger partial charge in [0.25, 0.3) is 0 Å². The quantitative estimate of drug-likeness (QED) is 0.855. The monoisotopic (exact) mass is 322 g/mol. The molecule has 0 unspecified atom stereocenters. The predicted octanol–water partition coefficient (Wildman–Crippen LogP) is 2.87. The van der Waals surface area contributed by atoms with Crippen molar-refractivity contribution in [3.05, 3.63) is 34.7 Å². The molecule has 0 fully saturated rings. The standard InChI is InChI=1S/C14H14N2O3S2/c1-9-15-12(6-21-9)10-3-2-4-11(5-10)16-13(17)7-20-8-14(18)19/h2-6H,7-8H2,1H3,(H,16,17)(H,18,19). The first-order chi connectivity index (χ1) is 10.0. The molecule has 21 heavy (non-hydrogen) atoms. The highest BCUT2D eigenvalue weighted by Crippen LogP contribution is 2.24. The number of hydrogen-bond donors (Lipinski definition) is 2. The van der Waals surface area contributed by atoms with Crippen molar-refractivity contribution >= 4 is 40.7 Å².